The third-order valence-corrected chi connectivity index (χ3v) is 3.83. The molecule has 0 aromatic heterocycles. The Bertz CT molecular complexity index is 938. The molecule has 2 rings (SSSR count). The van der Waals surface area contributed by atoms with Crippen LogP contribution >= 0.6 is 15.9 Å². The number of carbonyl (C=O) groups excluding carboxylic acids is 2. The van der Waals surface area contributed by atoms with Crippen LogP contribution in [0.15, 0.2) is 52.5 Å². The van der Waals surface area contributed by atoms with E-state index >= 15 is 0 Å². The molecule has 0 unspecified atom stereocenters. The van der Waals surface area contributed by atoms with Gasteiger partial charge in [0.15, 0.2) is 6.61 Å². The molecule has 0 heterocycles. The molecule has 6 nitrogen and oxygen atoms in total. The fourth-order valence-corrected chi connectivity index (χ4v) is 2.39. The molecule has 0 spiro atoms. The van der Waals surface area contributed by atoms with E-state index in [-0.39, 0.29) is 23.6 Å². The summed E-state index contributed by atoms with van der Waals surface area (Å²) in [6.07, 6.45) is 1.29. The Morgan fingerprint density at radius 2 is 2.04 bits per heavy atom. The summed E-state index contributed by atoms with van der Waals surface area (Å²) in [4.78, 5) is 23.6. The lowest BCUT2D eigenvalue weighted by Gasteiger charge is -2.10. The Morgan fingerprint density at radius 3 is 2.70 bits per heavy atom. The smallest absolute Gasteiger partial charge is 0.343 e. The topological polar surface area (TPSA) is 88.4 Å². The number of hydrogen-bond donors (Lipinski definition) is 1. The number of nitriles is 1. The molecular weight excluding hydrogens is 419 g/mol. The molecular formula is C19H14BrFN2O4. The molecule has 0 saturated carbocycles. The van der Waals surface area contributed by atoms with Crippen LogP contribution in [0, 0.1) is 17.1 Å². The Morgan fingerprint density at radius 1 is 1.30 bits per heavy atom. The van der Waals surface area contributed by atoms with Crippen molar-refractivity contribution in [3.8, 4) is 11.8 Å². The summed E-state index contributed by atoms with van der Waals surface area (Å²) in [7, 11) is 1.23. The van der Waals surface area contributed by atoms with Gasteiger partial charge in [0.05, 0.1) is 12.8 Å². The zero-order chi connectivity index (χ0) is 19.8. The first-order chi connectivity index (χ1) is 12.9. The van der Waals surface area contributed by atoms with Gasteiger partial charge in [0.1, 0.15) is 23.2 Å². The van der Waals surface area contributed by atoms with Crippen molar-refractivity contribution < 1.29 is 23.5 Å². The third-order valence-electron chi connectivity index (χ3n) is 3.33. The maximum absolute atomic E-state index is 13.7. The molecule has 0 bridgehead atoms. The summed E-state index contributed by atoms with van der Waals surface area (Å²) < 4.78 is 24.2. The molecule has 0 aliphatic heterocycles. The summed E-state index contributed by atoms with van der Waals surface area (Å²) in [5.41, 5.74) is 0.0767. The Balaban J connectivity index is 2.29. The molecule has 1 amide bonds. The second kappa shape index (κ2) is 9.50. The van der Waals surface area contributed by atoms with Crippen LogP contribution in [0.2, 0.25) is 0 Å². The van der Waals surface area contributed by atoms with Crippen LogP contribution in [0.1, 0.15) is 5.56 Å². The van der Waals surface area contributed by atoms with Crippen LogP contribution in [-0.2, 0) is 14.3 Å². The van der Waals surface area contributed by atoms with Gasteiger partial charge in [0.25, 0.3) is 5.91 Å². The molecule has 27 heavy (non-hydrogen) atoms. The predicted octanol–water partition coefficient (Wildman–Crippen LogP) is 3.69. The van der Waals surface area contributed by atoms with Gasteiger partial charge in [-0.25, -0.2) is 9.18 Å². The van der Waals surface area contributed by atoms with Crippen molar-refractivity contribution in [2.24, 2.45) is 0 Å². The average Bonchev–Trinajstić information content (AvgIpc) is 2.66. The number of nitrogens with one attached hydrogen (secondary N) is 1. The van der Waals surface area contributed by atoms with E-state index in [9.17, 15) is 19.2 Å². The highest BCUT2D eigenvalue weighted by Gasteiger charge is 2.14. The van der Waals surface area contributed by atoms with Gasteiger partial charge in [-0.15, -0.1) is 0 Å². The van der Waals surface area contributed by atoms with Gasteiger partial charge >= 0.3 is 5.97 Å². The molecule has 0 aliphatic carbocycles. The van der Waals surface area contributed by atoms with Gasteiger partial charge in [0.2, 0.25) is 0 Å². The molecule has 2 aromatic rings. The number of benzene rings is 2. The van der Waals surface area contributed by atoms with Crippen molar-refractivity contribution >= 4 is 39.6 Å². The van der Waals surface area contributed by atoms with Gasteiger partial charge in [-0.05, 0) is 36.4 Å². The lowest BCUT2D eigenvalue weighted by Crippen LogP contribution is -2.15. The van der Waals surface area contributed by atoms with E-state index in [1.165, 1.54) is 31.4 Å². The monoisotopic (exact) mass is 432 g/mol. The van der Waals surface area contributed by atoms with Crippen molar-refractivity contribution in [1.29, 1.82) is 5.26 Å². The fraction of sp³-hybridized carbons (Fsp3) is 0.105. The zero-order valence-corrected chi connectivity index (χ0v) is 15.7. The highest BCUT2D eigenvalue weighted by molar-refractivity contribution is 9.10. The minimum atomic E-state index is -0.776. The first-order valence-corrected chi connectivity index (χ1v) is 8.40. The lowest BCUT2D eigenvalue weighted by atomic mass is 10.1. The number of halogens is 2. The summed E-state index contributed by atoms with van der Waals surface area (Å²) >= 11 is 3.29. The van der Waals surface area contributed by atoms with Crippen molar-refractivity contribution in [1.82, 2.24) is 0 Å². The van der Waals surface area contributed by atoms with Crippen LogP contribution < -0.4 is 10.1 Å². The predicted molar refractivity (Wildman–Crippen MR) is 100 cm³/mol. The van der Waals surface area contributed by atoms with Crippen LogP contribution in [0.25, 0.3) is 6.08 Å². The number of para-hydroxylation sites is 1. The van der Waals surface area contributed by atoms with Gasteiger partial charge in [-0.3, -0.25) is 4.79 Å². The standard InChI is InChI=1S/C19H14BrFN2O4/c1-26-18(24)11-27-17-7-6-14(20)9-12(17)8-13(10-22)19(25)23-16-5-3-2-4-15(16)21/h2-9H,11H2,1H3,(H,23,25)/b13-8-. The molecule has 0 radical (unpaired) electrons. The summed E-state index contributed by atoms with van der Waals surface area (Å²) in [5, 5.41) is 11.7. The number of rotatable bonds is 6. The number of amides is 1. The van der Waals surface area contributed by atoms with Gasteiger partial charge < -0.3 is 14.8 Å². The molecule has 8 heteroatoms. The number of methoxy groups -OCH3 is 1. The van der Waals surface area contributed by atoms with E-state index in [0.717, 1.165) is 0 Å². The lowest BCUT2D eigenvalue weighted by molar-refractivity contribution is -0.142. The SMILES string of the molecule is COC(=O)COc1ccc(Br)cc1/C=C(/C#N)C(=O)Nc1ccccc1F. The quantitative estimate of drug-likeness (QED) is 0.427. The summed E-state index contributed by atoms with van der Waals surface area (Å²) in [6, 6.07) is 12.3. The third kappa shape index (κ3) is 5.66. The van der Waals surface area contributed by atoms with Gasteiger partial charge in [0, 0.05) is 10.0 Å². The normalized spacial score (nSPS) is 10.7. The zero-order valence-electron chi connectivity index (χ0n) is 14.2. The fourth-order valence-electron chi connectivity index (χ4n) is 2.02. The molecule has 0 atom stereocenters. The van der Waals surface area contributed by atoms with Gasteiger partial charge in [-0.2, -0.15) is 5.26 Å². The molecule has 0 aliphatic rings. The number of carbonyl (C=O) groups is 2. The van der Waals surface area contributed by atoms with Crippen LogP contribution in [0.5, 0.6) is 5.75 Å². The van der Waals surface area contributed by atoms with Crippen molar-refractivity contribution in [3.63, 3.8) is 0 Å². The van der Waals surface area contributed by atoms with Crippen molar-refractivity contribution in [2.75, 3.05) is 19.0 Å². The van der Waals surface area contributed by atoms with E-state index in [1.807, 2.05) is 0 Å². The average molecular weight is 433 g/mol. The van der Waals surface area contributed by atoms with Crippen LogP contribution in [0.3, 0.4) is 0 Å². The van der Waals surface area contributed by atoms with E-state index in [1.54, 1.807) is 30.3 Å². The highest BCUT2D eigenvalue weighted by atomic mass is 79.9. The number of ether oxygens (including phenoxy) is 2. The minimum absolute atomic E-state index is 0.0416. The number of hydrogen-bond acceptors (Lipinski definition) is 5. The Hall–Kier alpha value is -3.18. The maximum atomic E-state index is 13.7. The van der Waals surface area contributed by atoms with E-state index in [4.69, 9.17) is 4.74 Å². The van der Waals surface area contributed by atoms with Crippen molar-refractivity contribution in [2.45, 2.75) is 0 Å². The van der Waals surface area contributed by atoms with E-state index < -0.39 is 17.7 Å². The molecule has 0 fully saturated rings. The molecule has 1 N–H and O–H groups in total. The first kappa shape index (κ1) is 20.1. The molecule has 138 valence electrons. The van der Waals surface area contributed by atoms with E-state index in [2.05, 4.69) is 26.0 Å². The second-order valence-electron chi connectivity index (χ2n) is 5.15. The summed E-state index contributed by atoms with van der Waals surface area (Å²) in [6.45, 7) is -0.331. The number of anilines is 1. The largest absolute Gasteiger partial charge is 0.481 e. The minimum Gasteiger partial charge on any atom is -0.481 e. The van der Waals surface area contributed by atoms with Gasteiger partial charge in [-0.1, -0.05) is 28.1 Å². The molecule has 0 saturated heterocycles. The Labute approximate surface area is 163 Å². The maximum Gasteiger partial charge on any atom is 0.343 e. The second-order valence-corrected chi connectivity index (χ2v) is 6.07. The highest BCUT2D eigenvalue weighted by Crippen LogP contribution is 2.26. The van der Waals surface area contributed by atoms with Crippen LogP contribution in [-0.4, -0.2) is 25.6 Å². The molecule has 2 aromatic carbocycles. The van der Waals surface area contributed by atoms with Crippen LogP contribution in [0.4, 0.5) is 10.1 Å². The number of nitrogens with zero attached hydrogens (tertiary/aromatic N) is 1. The van der Waals surface area contributed by atoms with E-state index in [0.29, 0.717) is 10.0 Å². The first-order valence-electron chi connectivity index (χ1n) is 7.61. The summed E-state index contributed by atoms with van der Waals surface area (Å²) in [5.74, 6) is -1.70. The Kier molecular flexibility index (Phi) is 7.08. The van der Waals surface area contributed by atoms with Crippen molar-refractivity contribution in [3.05, 3.63) is 63.9 Å². The number of esters is 1.